The molecule has 2 aromatic carbocycles. The summed E-state index contributed by atoms with van der Waals surface area (Å²) in [6.45, 7) is 6.25. The Balaban J connectivity index is 1.41. The van der Waals surface area contributed by atoms with Gasteiger partial charge in [-0.1, -0.05) is 18.2 Å². The second-order valence-corrected chi connectivity index (χ2v) is 8.98. The van der Waals surface area contributed by atoms with Gasteiger partial charge in [0.1, 0.15) is 17.3 Å². The number of amides is 1. The zero-order valence-electron chi connectivity index (χ0n) is 19.7. The van der Waals surface area contributed by atoms with E-state index in [2.05, 4.69) is 4.57 Å². The predicted octanol–water partition coefficient (Wildman–Crippen LogP) is 4.71. The summed E-state index contributed by atoms with van der Waals surface area (Å²) in [5.41, 5.74) is 2.25. The number of anilines is 1. The van der Waals surface area contributed by atoms with E-state index in [1.807, 2.05) is 47.1 Å². The highest BCUT2D eigenvalue weighted by atomic mass is 19.1. The van der Waals surface area contributed by atoms with Crippen LogP contribution in [0.2, 0.25) is 0 Å². The Hall–Kier alpha value is -3.06. The standard InChI is InChI=1S/C27H32FN3O3/c1-2-33-26-12-7-11-23-21(26)18-25(31(23)19-20-8-5-6-17-34-20)27(32)30-15-13-29(14-16-30)24-10-4-3-9-22(24)28/h3-4,7,9-12,18,20H,2,5-6,8,13-17,19H2,1H3. The first-order valence-corrected chi connectivity index (χ1v) is 12.3. The van der Waals surface area contributed by atoms with Crippen molar-refractivity contribution in [3.05, 3.63) is 60.0 Å². The van der Waals surface area contributed by atoms with Crippen LogP contribution in [-0.2, 0) is 11.3 Å². The molecule has 3 heterocycles. The summed E-state index contributed by atoms with van der Waals surface area (Å²) in [6, 6.07) is 14.8. The van der Waals surface area contributed by atoms with Crippen LogP contribution in [0.15, 0.2) is 48.5 Å². The van der Waals surface area contributed by atoms with E-state index in [1.165, 1.54) is 6.07 Å². The lowest BCUT2D eigenvalue weighted by molar-refractivity contribution is 0.00619. The molecule has 5 rings (SSSR count). The number of piperazine rings is 1. The SMILES string of the molecule is CCOc1cccc2c1cc(C(=O)N1CCN(c3ccccc3F)CC1)n2CC1CCCCO1. The number of ether oxygens (including phenoxy) is 2. The Bertz CT molecular complexity index is 1150. The van der Waals surface area contributed by atoms with Crippen LogP contribution < -0.4 is 9.64 Å². The van der Waals surface area contributed by atoms with Crippen molar-refractivity contribution in [1.82, 2.24) is 9.47 Å². The zero-order chi connectivity index (χ0) is 23.5. The third kappa shape index (κ3) is 4.49. The van der Waals surface area contributed by atoms with Crippen LogP contribution in [0, 0.1) is 5.82 Å². The smallest absolute Gasteiger partial charge is 0.270 e. The Morgan fingerprint density at radius 2 is 1.91 bits per heavy atom. The first-order valence-electron chi connectivity index (χ1n) is 12.3. The highest BCUT2D eigenvalue weighted by Gasteiger charge is 2.28. The van der Waals surface area contributed by atoms with E-state index in [1.54, 1.807) is 12.1 Å². The van der Waals surface area contributed by atoms with Gasteiger partial charge in [0.25, 0.3) is 5.91 Å². The fourth-order valence-electron chi connectivity index (χ4n) is 5.09. The van der Waals surface area contributed by atoms with Crippen molar-refractivity contribution < 1.29 is 18.7 Å². The van der Waals surface area contributed by atoms with Crippen LogP contribution in [0.5, 0.6) is 5.75 Å². The molecule has 34 heavy (non-hydrogen) atoms. The van der Waals surface area contributed by atoms with Gasteiger partial charge in [0.15, 0.2) is 0 Å². The van der Waals surface area contributed by atoms with Gasteiger partial charge in [-0.3, -0.25) is 4.79 Å². The van der Waals surface area contributed by atoms with Crippen LogP contribution in [0.4, 0.5) is 10.1 Å². The van der Waals surface area contributed by atoms with Crippen molar-refractivity contribution in [3.63, 3.8) is 0 Å². The number of halogens is 1. The largest absolute Gasteiger partial charge is 0.493 e. The summed E-state index contributed by atoms with van der Waals surface area (Å²) in [6.07, 6.45) is 3.34. The molecular weight excluding hydrogens is 433 g/mol. The number of para-hydroxylation sites is 1. The molecule has 0 bridgehead atoms. The molecule has 1 atom stereocenters. The second-order valence-electron chi connectivity index (χ2n) is 8.98. The molecule has 180 valence electrons. The summed E-state index contributed by atoms with van der Waals surface area (Å²) in [4.78, 5) is 17.6. The predicted molar refractivity (Wildman–Crippen MR) is 131 cm³/mol. The fraction of sp³-hybridized carbons (Fsp3) is 0.444. The molecule has 0 aliphatic carbocycles. The molecule has 6 nitrogen and oxygen atoms in total. The fourth-order valence-corrected chi connectivity index (χ4v) is 5.09. The molecule has 7 heteroatoms. The van der Waals surface area contributed by atoms with Gasteiger partial charge in [-0.05, 0) is 56.5 Å². The zero-order valence-corrected chi connectivity index (χ0v) is 19.7. The topological polar surface area (TPSA) is 46.9 Å². The Morgan fingerprint density at radius 3 is 2.65 bits per heavy atom. The van der Waals surface area contributed by atoms with Crippen LogP contribution in [0.1, 0.15) is 36.7 Å². The van der Waals surface area contributed by atoms with Gasteiger partial charge in [-0.25, -0.2) is 4.39 Å². The van der Waals surface area contributed by atoms with E-state index in [0.717, 1.165) is 42.5 Å². The number of carbonyl (C=O) groups is 1. The normalized spacial score (nSPS) is 18.9. The van der Waals surface area contributed by atoms with Gasteiger partial charge in [-0.2, -0.15) is 0 Å². The van der Waals surface area contributed by atoms with Crippen molar-refractivity contribution in [2.75, 3.05) is 44.3 Å². The maximum Gasteiger partial charge on any atom is 0.270 e. The summed E-state index contributed by atoms with van der Waals surface area (Å²) in [7, 11) is 0. The van der Waals surface area contributed by atoms with Crippen molar-refractivity contribution >= 4 is 22.5 Å². The van der Waals surface area contributed by atoms with Gasteiger partial charge < -0.3 is 23.8 Å². The van der Waals surface area contributed by atoms with E-state index >= 15 is 0 Å². The number of aromatic nitrogens is 1. The number of hydrogen-bond acceptors (Lipinski definition) is 4. The molecule has 1 unspecified atom stereocenters. The van der Waals surface area contributed by atoms with Crippen LogP contribution >= 0.6 is 0 Å². The first-order chi connectivity index (χ1) is 16.7. The summed E-state index contributed by atoms with van der Waals surface area (Å²) in [5, 5.41) is 0.952. The van der Waals surface area contributed by atoms with Crippen molar-refractivity contribution in [1.29, 1.82) is 0 Å². The highest BCUT2D eigenvalue weighted by Crippen LogP contribution is 2.31. The average Bonchev–Trinajstić information content (AvgIpc) is 3.24. The minimum atomic E-state index is -0.224. The van der Waals surface area contributed by atoms with Gasteiger partial charge in [0.05, 0.1) is 23.9 Å². The Morgan fingerprint density at radius 1 is 1.09 bits per heavy atom. The molecule has 2 aliphatic heterocycles. The highest BCUT2D eigenvalue weighted by molar-refractivity contribution is 6.00. The number of carbonyl (C=O) groups excluding carboxylic acids is 1. The summed E-state index contributed by atoms with van der Waals surface area (Å²) >= 11 is 0. The van der Waals surface area contributed by atoms with Gasteiger partial charge in [0, 0.05) is 44.7 Å². The average molecular weight is 466 g/mol. The van der Waals surface area contributed by atoms with E-state index in [-0.39, 0.29) is 17.8 Å². The number of rotatable bonds is 6. The maximum absolute atomic E-state index is 14.2. The van der Waals surface area contributed by atoms with E-state index in [4.69, 9.17) is 9.47 Å². The molecule has 2 saturated heterocycles. The number of hydrogen-bond donors (Lipinski definition) is 0. The molecule has 0 radical (unpaired) electrons. The van der Waals surface area contributed by atoms with Crippen LogP contribution in [0.25, 0.3) is 10.9 Å². The molecule has 2 aliphatic rings. The maximum atomic E-state index is 14.2. The number of benzene rings is 2. The monoisotopic (exact) mass is 465 g/mol. The molecule has 0 N–H and O–H groups in total. The van der Waals surface area contributed by atoms with E-state index < -0.39 is 0 Å². The Kier molecular flexibility index (Phi) is 6.72. The Labute approximate surface area is 199 Å². The van der Waals surface area contributed by atoms with Crippen LogP contribution in [-0.4, -0.2) is 60.9 Å². The lowest BCUT2D eigenvalue weighted by Gasteiger charge is -2.36. The lowest BCUT2D eigenvalue weighted by atomic mass is 10.1. The number of fused-ring (bicyclic) bond motifs is 1. The molecular formula is C27H32FN3O3. The molecule has 2 fully saturated rings. The van der Waals surface area contributed by atoms with Gasteiger partial charge >= 0.3 is 0 Å². The second kappa shape index (κ2) is 10.1. The third-order valence-electron chi connectivity index (χ3n) is 6.84. The van der Waals surface area contributed by atoms with Gasteiger partial charge in [-0.15, -0.1) is 0 Å². The summed E-state index contributed by atoms with van der Waals surface area (Å²) < 4.78 is 28.2. The van der Waals surface area contributed by atoms with Crippen molar-refractivity contribution in [3.8, 4) is 5.75 Å². The van der Waals surface area contributed by atoms with E-state index in [9.17, 15) is 9.18 Å². The summed E-state index contributed by atoms with van der Waals surface area (Å²) in [5.74, 6) is 0.572. The third-order valence-corrected chi connectivity index (χ3v) is 6.84. The minimum Gasteiger partial charge on any atom is -0.493 e. The van der Waals surface area contributed by atoms with Crippen LogP contribution in [0.3, 0.4) is 0 Å². The molecule has 3 aromatic rings. The quantitative estimate of drug-likeness (QED) is 0.529. The van der Waals surface area contributed by atoms with Gasteiger partial charge in [0.2, 0.25) is 0 Å². The van der Waals surface area contributed by atoms with Crippen molar-refractivity contribution in [2.45, 2.75) is 38.8 Å². The molecule has 1 amide bonds. The molecule has 1 aromatic heterocycles. The molecule has 0 saturated carbocycles. The van der Waals surface area contributed by atoms with Crippen molar-refractivity contribution in [2.24, 2.45) is 0 Å². The van der Waals surface area contributed by atoms with E-state index in [0.29, 0.717) is 50.7 Å². The number of nitrogens with zero attached hydrogens (tertiary/aromatic N) is 3. The molecule has 0 spiro atoms. The lowest BCUT2D eigenvalue weighted by Crippen LogP contribution is -2.49. The minimum absolute atomic E-state index is 0.00245. The first kappa shape index (κ1) is 22.7.